The van der Waals surface area contributed by atoms with Crippen molar-refractivity contribution < 1.29 is 9.72 Å². The first-order valence-electron chi connectivity index (χ1n) is 7.55. The molecule has 0 bridgehead atoms. The summed E-state index contributed by atoms with van der Waals surface area (Å²) in [5.41, 5.74) is 1.69. The van der Waals surface area contributed by atoms with Crippen molar-refractivity contribution >= 4 is 34.4 Å². The standard InChI is InChI=1S/C17H16N4O3S/c1-18-17(22)16(12-10-19-13-7-3-2-6-11(12)13)20-25-15-9-5-4-8-14(15)21(23)24/h2-10,16,19-20H,1H3,(H,18,22)/t16-/m1/s1. The number of benzene rings is 2. The highest BCUT2D eigenvalue weighted by Gasteiger charge is 2.24. The molecule has 0 saturated heterocycles. The molecule has 0 radical (unpaired) electrons. The van der Waals surface area contributed by atoms with Gasteiger partial charge in [-0.2, -0.15) is 0 Å². The van der Waals surface area contributed by atoms with E-state index in [4.69, 9.17) is 0 Å². The van der Waals surface area contributed by atoms with Gasteiger partial charge >= 0.3 is 0 Å². The van der Waals surface area contributed by atoms with Gasteiger partial charge in [0, 0.05) is 35.8 Å². The smallest absolute Gasteiger partial charge is 0.284 e. The van der Waals surface area contributed by atoms with Crippen LogP contribution in [0, 0.1) is 10.1 Å². The minimum atomic E-state index is -0.661. The molecule has 0 spiro atoms. The monoisotopic (exact) mass is 356 g/mol. The molecule has 0 aliphatic carbocycles. The highest BCUT2D eigenvalue weighted by molar-refractivity contribution is 7.97. The lowest BCUT2D eigenvalue weighted by Gasteiger charge is -2.16. The van der Waals surface area contributed by atoms with Gasteiger partial charge in [-0.1, -0.05) is 30.3 Å². The predicted molar refractivity (Wildman–Crippen MR) is 97.2 cm³/mol. The van der Waals surface area contributed by atoms with Gasteiger partial charge in [0.2, 0.25) is 5.91 Å². The van der Waals surface area contributed by atoms with Gasteiger partial charge in [0.15, 0.2) is 0 Å². The van der Waals surface area contributed by atoms with Crippen molar-refractivity contribution in [3.63, 3.8) is 0 Å². The maximum atomic E-state index is 12.4. The Kier molecular flexibility index (Phi) is 5.01. The molecule has 25 heavy (non-hydrogen) atoms. The number of para-hydroxylation sites is 2. The molecule has 1 atom stereocenters. The Balaban J connectivity index is 1.91. The first-order valence-corrected chi connectivity index (χ1v) is 8.37. The third kappa shape index (κ3) is 3.49. The number of H-pyrrole nitrogens is 1. The summed E-state index contributed by atoms with van der Waals surface area (Å²) in [5, 5.41) is 14.7. The minimum Gasteiger partial charge on any atom is -0.361 e. The van der Waals surface area contributed by atoms with Crippen LogP contribution in [0.3, 0.4) is 0 Å². The van der Waals surface area contributed by atoms with Crippen LogP contribution in [0.15, 0.2) is 59.6 Å². The van der Waals surface area contributed by atoms with Gasteiger partial charge in [-0.3, -0.25) is 14.9 Å². The lowest BCUT2D eigenvalue weighted by atomic mass is 10.1. The Morgan fingerprint density at radius 1 is 1.20 bits per heavy atom. The molecule has 1 aromatic heterocycles. The number of nitrogens with one attached hydrogen (secondary N) is 3. The Labute approximate surface area is 148 Å². The Morgan fingerprint density at radius 3 is 2.68 bits per heavy atom. The summed E-state index contributed by atoms with van der Waals surface area (Å²) < 4.78 is 3.06. The lowest BCUT2D eigenvalue weighted by Crippen LogP contribution is -2.32. The maximum Gasteiger partial charge on any atom is 0.284 e. The number of likely N-dealkylation sites (N-methyl/N-ethyl adjacent to an activating group) is 1. The highest BCUT2D eigenvalue weighted by Crippen LogP contribution is 2.31. The van der Waals surface area contributed by atoms with Gasteiger partial charge in [0.05, 0.1) is 4.92 Å². The number of nitro benzene ring substituents is 1. The molecule has 0 unspecified atom stereocenters. The topological polar surface area (TPSA) is 100 Å². The van der Waals surface area contributed by atoms with Crippen LogP contribution >= 0.6 is 11.9 Å². The molecule has 7 nitrogen and oxygen atoms in total. The summed E-state index contributed by atoms with van der Waals surface area (Å²) >= 11 is 1.07. The summed E-state index contributed by atoms with van der Waals surface area (Å²) in [6, 6.07) is 13.4. The molecule has 1 heterocycles. The minimum absolute atomic E-state index is 0.00502. The number of nitrogens with zero attached hydrogens (tertiary/aromatic N) is 1. The normalized spacial score (nSPS) is 12.0. The molecule has 3 rings (SSSR count). The van der Waals surface area contributed by atoms with Gasteiger partial charge in [0.25, 0.3) is 5.69 Å². The number of carbonyl (C=O) groups is 1. The predicted octanol–water partition coefficient (Wildman–Crippen LogP) is 3.16. The molecular formula is C17H16N4O3S. The number of hydrogen-bond donors (Lipinski definition) is 3. The Bertz CT molecular complexity index is 925. The van der Waals surface area contributed by atoms with Crippen molar-refractivity contribution in [1.82, 2.24) is 15.0 Å². The summed E-state index contributed by atoms with van der Waals surface area (Å²) in [6.45, 7) is 0. The molecule has 0 saturated carbocycles. The van der Waals surface area contributed by atoms with Crippen LogP contribution in [-0.2, 0) is 4.79 Å². The molecule has 2 aromatic carbocycles. The van der Waals surface area contributed by atoms with Crippen LogP contribution in [-0.4, -0.2) is 22.9 Å². The second-order valence-corrected chi connectivity index (χ2v) is 6.16. The van der Waals surface area contributed by atoms with Gasteiger partial charge in [-0.05, 0) is 24.1 Å². The van der Waals surface area contributed by atoms with E-state index in [1.54, 1.807) is 31.4 Å². The third-order valence-electron chi connectivity index (χ3n) is 3.79. The van der Waals surface area contributed by atoms with Crippen LogP contribution in [0.2, 0.25) is 0 Å². The molecule has 1 amide bonds. The average molecular weight is 356 g/mol. The van der Waals surface area contributed by atoms with Crippen molar-refractivity contribution in [2.24, 2.45) is 0 Å². The molecule has 0 aliphatic heterocycles. The van der Waals surface area contributed by atoms with E-state index in [0.29, 0.717) is 4.90 Å². The van der Waals surface area contributed by atoms with Crippen molar-refractivity contribution in [3.05, 3.63) is 70.4 Å². The highest BCUT2D eigenvalue weighted by atomic mass is 32.2. The number of hydrogen-bond acceptors (Lipinski definition) is 5. The van der Waals surface area contributed by atoms with E-state index in [-0.39, 0.29) is 11.6 Å². The SMILES string of the molecule is CNC(=O)[C@H](NSc1ccccc1[N+](=O)[O-])c1c[nH]c2ccccc12. The lowest BCUT2D eigenvalue weighted by molar-refractivity contribution is -0.387. The summed E-state index contributed by atoms with van der Waals surface area (Å²) in [5.74, 6) is -0.226. The average Bonchev–Trinajstić information content (AvgIpc) is 3.06. The zero-order valence-electron chi connectivity index (χ0n) is 13.4. The second kappa shape index (κ2) is 7.37. The van der Waals surface area contributed by atoms with E-state index in [1.165, 1.54) is 6.07 Å². The van der Waals surface area contributed by atoms with Crippen molar-refractivity contribution in [2.75, 3.05) is 7.05 Å². The molecule has 0 aliphatic rings. The van der Waals surface area contributed by atoms with Crippen LogP contribution in [0.5, 0.6) is 0 Å². The first-order chi connectivity index (χ1) is 12.1. The Morgan fingerprint density at radius 2 is 1.92 bits per heavy atom. The maximum absolute atomic E-state index is 12.4. The quantitative estimate of drug-likeness (QED) is 0.358. The van der Waals surface area contributed by atoms with Gasteiger partial charge < -0.3 is 10.3 Å². The summed E-state index contributed by atoms with van der Waals surface area (Å²) in [7, 11) is 1.56. The van der Waals surface area contributed by atoms with E-state index in [1.807, 2.05) is 24.3 Å². The molecule has 8 heteroatoms. The van der Waals surface area contributed by atoms with Gasteiger partial charge in [0.1, 0.15) is 10.9 Å². The zero-order valence-corrected chi connectivity index (χ0v) is 14.2. The zero-order chi connectivity index (χ0) is 17.8. The van der Waals surface area contributed by atoms with E-state index in [2.05, 4.69) is 15.0 Å². The van der Waals surface area contributed by atoms with E-state index >= 15 is 0 Å². The number of aromatic amines is 1. The van der Waals surface area contributed by atoms with Crippen molar-refractivity contribution in [3.8, 4) is 0 Å². The third-order valence-corrected chi connectivity index (χ3v) is 4.71. The van der Waals surface area contributed by atoms with Crippen molar-refractivity contribution in [1.29, 1.82) is 0 Å². The number of carbonyl (C=O) groups excluding carboxylic acids is 1. The summed E-state index contributed by atoms with van der Waals surface area (Å²) in [4.78, 5) is 26.6. The van der Waals surface area contributed by atoms with E-state index in [9.17, 15) is 14.9 Å². The molecule has 3 N–H and O–H groups in total. The largest absolute Gasteiger partial charge is 0.361 e. The molecule has 0 fully saturated rings. The first kappa shape index (κ1) is 17.0. The number of fused-ring (bicyclic) bond motifs is 1. The molecule has 128 valence electrons. The number of aromatic nitrogens is 1. The van der Waals surface area contributed by atoms with Crippen molar-refractivity contribution in [2.45, 2.75) is 10.9 Å². The fourth-order valence-corrected chi connectivity index (χ4v) is 3.42. The van der Waals surface area contributed by atoms with Gasteiger partial charge in [-0.25, -0.2) is 4.72 Å². The fraction of sp³-hybridized carbons (Fsp3) is 0.118. The Hall–Kier alpha value is -2.84. The number of nitro groups is 1. The van der Waals surface area contributed by atoms with Crippen LogP contribution in [0.4, 0.5) is 5.69 Å². The molecule has 3 aromatic rings. The number of amides is 1. The van der Waals surface area contributed by atoms with Gasteiger partial charge in [-0.15, -0.1) is 0 Å². The second-order valence-electron chi connectivity index (χ2n) is 5.28. The van der Waals surface area contributed by atoms with Crippen LogP contribution < -0.4 is 10.0 Å². The summed E-state index contributed by atoms with van der Waals surface area (Å²) in [6.07, 6.45) is 1.78. The van der Waals surface area contributed by atoms with E-state index < -0.39 is 11.0 Å². The van der Waals surface area contributed by atoms with Crippen LogP contribution in [0.25, 0.3) is 10.9 Å². The molecular weight excluding hydrogens is 340 g/mol. The van der Waals surface area contributed by atoms with E-state index in [0.717, 1.165) is 28.4 Å². The number of rotatable bonds is 6. The fourth-order valence-electron chi connectivity index (χ4n) is 2.55. The van der Waals surface area contributed by atoms with Crippen LogP contribution in [0.1, 0.15) is 11.6 Å².